The largest absolute Gasteiger partial charge is 0.434 e. The molecule has 1 atom stereocenters. The summed E-state index contributed by atoms with van der Waals surface area (Å²) in [5, 5.41) is 1.28. The molecule has 1 heterocycles. The highest BCUT2D eigenvalue weighted by Gasteiger charge is 2.33. The van der Waals surface area contributed by atoms with Crippen LogP contribution in [0.3, 0.4) is 0 Å². The van der Waals surface area contributed by atoms with E-state index in [2.05, 4.69) is 4.98 Å². The van der Waals surface area contributed by atoms with Crippen LogP contribution in [-0.4, -0.2) is 4.98 Å². The van der Waals surface area contributed by atoms with Crippen LogP contribution in [0.4, 0.5) is 13.2 Å². The van der Waals surface area contributed by atoms with E-state index in [1.807, 2.05) is 0 Å². The van der Waals surface area contributed by atoms with E-state index < -0.39 is 17.9 Å². The third-order valence-electron chi connectivity index (χ3n) is 1.20. The van der Waals surface area contributed by atoms with Crippen LogP contribution in [0.2, 0.25) is 0 Å². The molecule has 1 aromatic heterocycles. The van der Waals surface area contributed by atoms with Crippen LogP contribution in [-0.2, 0) is 6.18 Å². The number of nitrogens with two attached hydrogens (primary N) is 1. The van der Waals surface area contributed by atoms with E-state index in [9.17, 15) is 13.2 Å². The van der Waals surface area contributed by atoms with Crippen molar-refractivity contribution < 1.29 is 13.2 Å². The van der Waals surface area contributed by atoms with E-state index in [1.54, 1.807) is 6.92 Å². The lowest BCUT2D eigenvalue weighted by molar-refractivity contribution is -0.140. The van der Waals surface area contributed by atoms with Crippen molar-refractivity contribution in [2.75, 3.05) is 0 Å². The van der Waals surface area contributed by atoms with Crippen molar-refractivity contribution in [3.63, 3.8) is 0 Å². The Hall–Kier alpha value is -0.620. The molecule has 0 bridgehead atoms. The van der Waals surface area contributed by atoms with Crippen molar-refractivity contribution in [1.29, 1.82) is 0 Å². The normalized spacial score (nSPS) is 14.8. The standard InChI is InChI=1S/C6H7F3N2S/c1-3(10)5-11-4(2-12-5)6(7,8)9/h2-3H,10H2,1H3/t3-/m0/s1. The summed E-state index contributed by atoms with van der Waals surface area (Å²) in [5.74, 6) is 0. The van der Waals surface area contributed by atoms with Crippen LogP contribution in [0, 0.1) is 0 Å². The summed E-state index contributed by atoms with van der Waals surface area (Å²) in [4.78, 5) is 3.35. The predicted molar refractivity (Wildman–Crippen MR) is 39.7 cm³/mol. The lowest BCUT2D eigenvalue weighted by atomic mass is 10.4. The molecule has 0 spiro atoms. The number of alkyl halides is 3. The zero-order valence-corrected chi connectivity index (χ0v) is 7.04. The van der Waals surface area contributed by atoms with Crippen molar-refractivity contribution in [2.24, 2.45) is 5.73 Å². The molecule has 0 aliphatic heterocycles. The van der Waals surface area contributed by atoms with Gasteiger partial charge >= 0.3 is 6.18 Å². The molecule has 68 valence electrons. The topological polar surface area (TPSA) is 38.9 Å². The lowest BCUT2D eigenvalue weighted by Crippen LogP contribution is -2.08. The minimum Gasteiger partial charge on any atom is -0.322 e. The van der Waals surface area contributed by atoms with Gasteiger partial charge in [0.1, 0.15) is 5.01 Å². The number of nitrogens with zero attached hydrogens (tertiary/aromatic N) is 1. The molecule has 12 heavy (non-hydrogen) atoms. The number of halogens is 3. The smallest absolute Gasteiger partial charge is 0.322 e. The molecule has 0 saturated heterocycles. The Morgan fingerprint density at radius 2 is 2.17 bits per heavy atom. The second-order valence-electron chi connectivity index (χ2n) is 2.36. The van der Waals surface area contributed by atoms with Crippen LogP contribution in [0.5, 0.6) is 0 Å². The Bertz CT molecular complexity index is 266. The summed E-state index contributed by atoms with van der Waals surface area (Å²) in [6, 6.07) is -0.439. The zero-order chi connectivity index (χ0) is 9.35. The molecule has 2 nitrogen and oxygen atoms in total. The summed E-state index contributed by atoms with van der Waals surface area (Å²) in [6.45, 7) is 1.60. The van der Waals surface area contributed by atoms with E-state index in [1.165, 1.54) is 0 Å². The van der Waals surface area contributed by atoms with Gasteiger partial charge in [-0.15, -0.1) is 11.3 Å². The van der Waals surface area contributed by atoms with Gasteiger partial charge in [0.05, 0.1) is 6.04 Å². The maximum atomic E-state index is 12.0. The van der Waals surface area contributed by atoms with Gasteiger partial charge in [0, 0.05) is 5.38 Å². The highest BCUT2D eigenvalue weighted by molar-refractivity contribution is 7.09. The van der Waals surface area contributed by atoms with Gasteiger partial charge in [0.15, 0.2) is 5.69 Å². The number of hydrogen-bond acceptors (Lipinski definition) is 3. The molecular weight excluding hydrogens is 189 g/mol. The van der Waals surface area contributed by atoms with Crippen molar-refractivity contribution in [2.45, 2.75) is 19.1 Å². The SMILES string of the molecule is C[C@H](N)c1nc(C(F)(F)F)cs1. The lowest BCUT2D eigenvalue weighted by Gasteiger charge is -2.01. The first kappa shape index (κ1) is 9.47. The number of thiazole rings is 1. The maximum Gasteiger partial charge on any atom is 0.434 e. The third-order valence-corrected chi connectivity index (χ3v) is 2.25. The molecule has 0 unspecified atom stereocenters. The molecule has 1 aromatic rings. The van der Waals surface area contributed by atoms with Crippen LogP contribution < -0.4 is 5.73 Å². The van der Waals surface area contributed by atoms with Crippen molar-refractivity contribution in [3.05, 3.63) is 16.1 Å². The Kier molecular flexibility index (Phi) is 2.39. The van der Waals surface area contributed by atoms with Crippen molar-refractivity contribution in [3.8, 4) is 0 Å². The highest BCUT2D eigenvalue weighted by Crippen LogP contribution is 2.31. The Morgan fingerprint density at radius 1 is 1.58 bits per heavy atom. The summed E-state index contributed by atoms with van der Waals surface area (Å²) >= 11 is 0.928. The van der Waals surface area contributed by atoms with Crippen LogP contribution in [0.1, 0.15) is 23.7 Å². The van der Waals surface area contributed by atoms with E-state index >= 15 is 0 Å². The summed E-state index contributed by atoms with van der Waals surface area (Å²) in [5.41, 5.74) is 4.49. The fourth-order valence-corrected chi connectivity index (χ4v) is 1.41. The van der Waals surface area contributed by atoms with Gasteiger partial charge in [-0.2, -0.15) is 13.2 Å². The van der Waals surface area contributed by atoms with Gasteiger partial charge in [-0.05, 0) is 6.92 Å². The summed E-state index contributed by atoms with van der Waals surface area (Å²) in [6.07, 6.45) is -4.36. The maximum absolute atomic E-state index is 12.0. The second kappa shape index (κ2) is 3.02. The Morgan fingerprint density at radius 3 is 2.42 bits per heavy atom. The van der Waals surface area contributed by atoms with Gasteiger partial charge in [0.2, 0.25) is 0 Å². The molecule has 0 aliphatic carbocycles. The minimum absolute atomic E-state index is 0.308. The average molecular weight is 196 g/mol. The first-order valence-corrected chi connectivity index (χ1v) is 4.07. The second-order valence-corrected chi connectivity index (χ2v) is 3.25. The minimum atomic E-state index is -4.36. The van der Waals surface area contributed by atoms with Gasteiger partial charge in [-0.1, -0.05) is 0 Å². The molecule has 2 N–H and O–H groups in total. The monoisotopic (exact) mass is 196 g/mol. The van der Waals surface area contributed by atoms with Gasteiger partial charge in [-0.3, -0.25) is 0 Å². The Labute approximate surface area is 71.2 Å². The molecular formula is C6H7F3N2S. The third kappa shape index (κ3) is 1.95. The quantitative estimate of drug-likeness (QED) is 0.747. The van der Waals surface area contributed by atoms with Crippen LogP contribution in [0.25, 0.3) is 0 Å². The van der Waals surface area contributed by atoms with Crippen molar-refractivity contribution in [1.82, 2.24) is 4.98 Å². The van der Waals surface area contributed by atoms with Crippen LogP contribution in [0.15, 0.2) is 5.38 Å². The molecule has 0 fully saturated rings. The number of rotatable bonds is 1. The van der Waals surface area contributed by atoms with E-state index in [0.717, 1.165) is 16.7 Å². The molecule has 0 amide bonds. The summed E-state index contributed by atoms with van der Waals surface area (Å²) in [7, 11) is 0. The number of hydrogen-bond donors (Lipinski definition) is 1. The van der Waals surface area contributed by atoms with Crippen molar-refractivity contribution >= 4 is 11.3 Å². The van der Waals surface area contributed by atoms with Gasteiger partial charge < -0.3 is 5.73 Å². The molecule has 6 heteroatoms. The van der Waals surface area contributed by atoms with Crippen LogP contribution >= 0.6 is 11.3 Å². The fraction of sp³-hybridized carbons (Fsp3) is 0.500. The van der Waals surface area contributed by atoms with E-state index in [0.29, 0.717) is 5.01 Å². The first-order chi connectivity index (χ1) is 5.41. The molecule has 0 saturated carbocycles. The van der Waals surface area contributed by atoms with E-state index in [-0.39, 0.29) is 0 Å². The fourth-order valence-electron chi connectivity index (χ4n) is 0.627. The highest BCUT2D eigenvalue weighted by atomic mass is 32.1. The first-order valence-electron chi connectivity index (χ1n) is 3.19. The van der Waals surface area contributed by atoms with Gasteiger partial charge in [-0.25, -0.2) is 4.98 Å². The molecule has 0 radical (unpaired) electrons. The van der Waals surface area contributed by atoms with Gasteiger partial charge in [0.25, 0.3) is 0 Å². The molecule has 0 aromatic carbocycles. The summed E-state index contributed by atoms with van der Waals surface area (Å²) < 4.78 is 35.9. The van der Waals surface area contributed by atoms with E-state index in [4.69, 9.17) is 5.73 Å². The zero-order valence-electron chi connectivity index (χ0n) is 6.22. The molecule has 1 rings (SSSR count). The number of aromatic nitrogens is 1. The molecule has 0 aliphatic rings. The average Bonchev–Trinajstić information content (AvgIpc) is 2.30. The Balaban J connectivity index is 2.92. The predicted octanol–water partition coefficient (Wildman–Crippen LogP) is 2.18.